The molecule has 1 aromatic carbocycles. The lowest BCUT2D eigenvalue weighted by molar-refractivity contribution is 0.194. The van der Waals surface area contributed by atoms with Gasteiger partial charge in [-0.1, -0.05) is 6.07 Å². The van der Waals surface area contributed by atoms with Crippen molar-refractivity contribution in [2.75, 3.05) is 11.4 Å². The first-order valence-corrected chi connectivity index (χ1v) is 6.38. The third kappa shape index (κ3) is 2.10. The first-order chi connectivity index (χ1) is 9.16. The van der Waals surface area contributed by atoms with Gasteiger partial charge in [-0.25, -0.2) is 9.37 Å². The molecule has 2 heterocycles. The molecule has 1 aliphatic rings. The van der Waals surface area contributed by atoms with E-state index in [1.165, 1.54) is 6.07 Å². The number of nitrogens with zero attached hydrogens (tertiary/aromatic N) is 3. The van der Waals surface area contributed by atoms with Crippen molar-refractivity contribution in [3.05, 3.63) is 47.8 Å². The van der Waals surface area contributed by atoms with Crippen molar-refractivity contribution in [2.45, 2.75) is 26.1 Å². The van der Waals surface area contributed by atoms with Gasteiger partial charge in [0.05, 0.1) is 12.6 Å². The monoisotopic (exact) mass is 261 g/mol. The van der Waals surface area contributed by atoms with Crippen LogP contribution < -0.4 is 4.90 Å². The number of hydrogen-bond donors (Lipinski definition) is 1. The number of halogens is 1. The fourth-order valence-corrected chi connectivity index (χ4v) is 2.59. The van der Waals surface area contributed by atoms with Gasteiger partial charge in [-0.05, 0) is 19.1 Å². The van der Waals surface area contributed by atoms with E-state index in [0.29, 0.717) is 12.1 Å². The third-order valence-corrected chi connectivity index (χ3v) is 3.53. The van der Waals surface area contributed by atoms with Crippen LogP contribution in [-0.2, 0) is 13.1 Å². The van der Waals surface area contributed by atoms with Gasteiger partial charge >= 0.3 is 0 Å². The fourth-order valence-electron chi connectivity index (χ4n) is 2.59. The number of benzene rings is 1. The number of anilines is 1. The van der Waals surface area contributed by atoms with E-state index >= 15 is 0 Å². The van der Waals surface area contributed by atoms with Crippen molar-refractivity contribution in [3.63, 3.8) is 0 Å². The molecular weight excluding hydrogens is 245 g/mol. The Morgan fingerprint density at radius 1 is 1.37 bits per heavy atom. The number of aromatic nitrogens is 2. The van der Waals surface area contributed by atoms with E-state index in [1.54, 1.807) is 19.2 Å². The fraction of sp³-hybridized carbons (Fsp3) is 0.357. The van der Waals surface area contributed by atoms with Crippen molar-refractivity contribution in [2.24, 2.45) is 0 Å². The van der Waals surface area contributed by atoms with Crippen molar-refractivity contribution < 1.29 is 9.50 Å². The number of aliphatic hydroxyl groups is 1. The molecule has 3 rings (SSSR count). The van der Waals surface area contributed by atoms with Crippen LogP contribution in [-0.4, -0.2) is 21.2 Å². The molecule has 2 aromatic rings. The Morgan fingerprint density at radius 3 is 3.00 bits per heavy atom. The second kappa shape index (κ2) is 4.66. The Hall–Kier alpha value is -1.88. The Morgan fingerprint density at radius 2 is 2.21 bits per heavy atom. The highest BCUT2D eigenvalue weighted by Gasteiger charge is 2.22. The molecule has 0 amide bonds. The van der Waals surface area contributed by atoms with Gasteiger partial charge in [0.2, 0.25) is 0 Å². The van der Waals surface area contributed by atoms with Crippen LogP contribution in [0, 0.1) is 5.82 Å². The first kappa shape index (κ1) is 12.2. The molecule has 4 nitrogen and oxygen atoms in total. The summed E-state index contributed by atoms with van der Waals surface area (Å²) in [7, 11) is 0. The molecule has 100 valence electrons. The Kier molecular flexibility index (Phi) is 2.98. The molecule has 1 aromatic heterocycles. The highest BCUT2D eigenvalue weighted by Crippen LogP contribution is 2.30. The van der Waals surface area contributed by atoms with E-state index in [1.807, 2.05) is 12.3 Å². The Balaban J connectivity index is 1.98. The molecule has 0 fully saturated rings. The summed E-state index contributed by atoms with van der Waals surface area (Å²) < 4.78 is 16.0. The first-order valence-electron chi connectivity index (χ1n) is 6.38. The SMILES string of the molecule is C[C@H](O)c1c(F)cccc1N1CCn2ccnc2C1. The summed E-state index contributed by atoms with van der Waals surface area (Å²) in [6.45, 7) is 3.83. The van der Waals surface area contributed by atoms with Gasteiger partial charge in [-0.2, -0.15) is 0 Å². The van der Waals surface area contributed by atoms with Gasteiger partial charge < -0.3 is 14.6 Å². The minimum atomic E-state index is -0.821. The largest absolute Gasteiger partial charge is 0.389 e. The van der Waals surface area contributed by atoms with Crippen LogP contribution in [0.4, 0.5) is 10.1 Å². The van der Waals surface area contributed by atoms with Crippen molar-refractivity contribution in [3.8, 4) is 0 Å². The number of rotatable bonds is 2. The molecule has 1 aliphatic heterocycles. The lowest BCUT2D eigenvalue weighted by Gasteiger charge is -2.31. The maximum Gasteiger partial charge on any atom is 0.131 e. The predicted octanol–water partition coefficient (Wildman–Crippen LogP) is 2.10. The molecule has 0 unspecified atom stereocenters. The van der Waals surface area contributed by atoms with E-state index in [9.17, 15) is 9.50 Å². The molecule has 0 spiro atoms. The second-order valence-electron chi connectivity index (χ2n) is 4.81. The number of hydrogen-bond acceptors (Lipinski definition) is 3. The van der Waals surface area contributed by atoms with Gasteiger partial charge in [0, 0.05) is 36.7 Å². The average molecular weight is 261 g/mol. The topological polar surface area (TPSA) is 41.3 Å². The summed E-state index contributed by atoms with van der Waals surface area (Å²) in [4.78, 5) is 6.36. The van der Waals surface area contributed by atoms with E-state index in [4.69, 9.17) is 0 Å². The van der Waals surface area contributed by atoms with Crippen LogP contribution in [0.15, 0.2) is 30.6 Å². The van der Waals surface area contributed by atoms with E-state index in [2.05, 4.69) is 14.5 Å². The van der Waals surface area contributed by atoms with E-state index in [-0.39, 0.29) is 5.82 Å². The van der Waals surface area contributed by atoms with Crippen LogP contribution >= 0.6 is 0 Å². The summed E-state index contributed by atoms with van der Waals surface area (Å²) >= 11 is 0. The summed E-state index contributed by atoms with van der Waals surface area (Å²) in [5.41, 5.74) is 1.12. The summed E-state index contributed by atoms with van der Waals surface area (Å²) in [5.74, 6) is 0.605. The molecule has 1 N–H and O–H groups in total. The standard InChI is InChI=1S/C14H16FN3O/c1-10(19)14-11(15)3-2-4-12(14)18-8-7-17-6-5-16-13(17)9-18/h2-6,10,19H,7-9H2,1H3/t10-/m0/s1. The zero-order valence-corrected chi connectivity index (χ0v) is 10.8. The maximum atomic E-state index is 13.9. The number of imidazole rings is 1. The number of aliphatic hydroxyl groups excluding tert-OH is 1. The molecule has 19 heavy (non-hydrogen) atoms. The van der Waals surface area contributed by atoms with Crippen LogP contribution in [0.3, 0.4) is 0 Å². The third-order valence-electron chi connectivity index (χ3n) is 3.53. The summed E-state index contributed by atoms with van der Waals surface area (Å²) in [6.07, 6.45) is 2.91. The molecule has 0 aliphatic carbocycles. The van der Waals surface area contributed by atoms with Crippen molar-refractivity contribution in [1.82, 2.24) is 9.55 Å². The normalized spacial score (nSPS) is 16.3. The second-order valence-corrected chi connectivity index (χ2v) is 4.81. The van der Waals surface area contributed by atoms with Crippen LogP contribution in [0.25, 0.3) is 0 Å². The van der Waals surface area contributed by atoms with Crippen LogP contribution in [0.1, 0.15) is 24.4 Å². The molecule has 1 atom stereocenters. The maximum absolute atomic E-state index is 13.9. The van der Waals surface area contributed by atoms with Gasteiger partial charge in [0.1, 0.15) is 11.6 Å². The smallest absolute Gasteiger partial charge is 0.131 e. The minimum absolute atomic E-state index is 0.360. The predicted molar refractivity (Wildman–Crippen MR) is 70.3 cm³/mol. The Bertz CT molecular complexity index is 594. The van der Waals surface area contributed by atoms with Crippen LogP contribution in [0.5, 0.6) is 0 Å². The lowest BCUT2D eigenvalue weighted by atomic mass is 10.1. The quantitative estimate of drug-likeness (QED) is 0.900. The van der Waals surface area contributed by atoms with E-state index < -0.39 is 6.10 Å². The average Bonchev–Trinajstić information content (AvgIpc) is 2.85. The Labute approximate surface area is 111 Å². The highest BCUT2D eigenvalue weighted by molar-refractivity contribution is 5.55. The zero-order valence-electron chi connectivity index (χ0n) is 10.8. The zero-order chi connectivity index (χ0) is 13.4. The highest BCUT2D eigenvalue weighted by atomic mass is 19.1. The molecule has 0 saturated carbocycles. The van der Waals surface area contributed by atoms with Gasteiger partial charge in [-0.15, -0.1) is 0 Å². The van der Waals surface area contributed by atoms with E-state index in [0.717, 1.165) is 24.6 Å². The van der Waals surface area contributed by atoms with Crippen LogP contribution in [0.2, 0.25) is 0 Å². The lowest BCUT2D eigenvalue weighted by Crippen LogP contribution is -2.34. The molecular formula is C14H16FN3O. The van der Waals surface area contributed by atoms with Crippen molar-refractivity contribution >= 4 is 5.69 Å². The molecule has 0 saturated heterocycles. The minimum Gasteiger partial charge on any atom is -0.389 e. The number of fused-ring (bicyclic) bond motifs is 1. The molecule has 0 radical (unpaired) electrons. The summed E-state index contributed by atoms with van der Waals surface area (Å²) in [5, 5.41) is 9.78. The van der Waals surface area contributed by atoms with Gasteiger partial charge in [-0.3, -0.25) is 0 Å². The molecule has 5 heteroatoms. The van der Waals surface area contributed by atoms with Crippen molar-refractivity contribution in [1.29, 1.82) is 0 Å². The van der Waals surface area contributed by atoms with Gasteiger partial charge in [0.15, 0.2) is 0 Å². The van der Waals surface area contributed by atoms with Gasteiger partial charge in [0.25, 0.3) is 0 Å². The summed E-state index contributed by atoms with van der Waals surface area (Å²) in [6, 6.07) is 4.91. The molecule has 0 bridgehead atoms.